The molecule has 0 aliphatic carbocycles. The van der Waals surface area contributed by atoms with E-state index in [4.69, 9.17) is 0 Å². The van der Waals surface area contributed by atoms with Crippen molar-refractivity contribution in [2.24, 2.45) is 0 Å². The Bertz CT molecular complexity index is 606. The minimum atomic E-state index is -0.177. The van der Waals surface area contributed by atoms with E-state index in [9.17, 15) is 4.79 Å². The van der Waals surface area contributed by atoms with E-state index in [1.807, 2.05) is 55.0 Å². The maximum Gasteiger partial charge on any atom is 0.225 e. The monoisotopic (exact) mass is 332 g/mol. The highest BCUT2D eigenvalue weighted by Crippen LogP contribution is 2.20. The molecule has 0 unspecified atom stereocenters. The van der Waals surface area contributed by atoms with Crippen molar-refractivity contribution in [3.05, 3.63) is 19.6 Å². The van der Waals surface area contributed by atoms with Crippen LogP contribution in [0.5, 0.6) is 0 Å². The highest BCUT2D eigenvalue weighted by atomic mass is 127. The van der Waals surface area contributed by atoms with E-state index >= 15 is 0 Å². The summed E-state index contributed by atoms with van der Waals surface area (Å²) >= 11 is 1.93. The molecule has 0 radical (unpaired) electrons. The molecule has 0 spiro atoms. The van der Waals surface area contributed by atoms with Crippen LogP contribution in [-0.4, -0.2) is 20.0 Å². The van der Waals surface area contributed by atoms with Gasteiger partial charge in [0.1, 0.15) is 0 Å². The van der Waals surface area contributed by atoms with E-state index in [0.29, 0.717) is 14.7 Å². The van der Waals surface area contributed by atoms with Crippen LogP contribution in [0.25, 0.3) is 11.0 Å². The minimum Gasteiger partial charge on any atom is -0.286 e. The number of nitrogens with one attached hydrogen (secondary N) is 1. The molecule has 0 amide bonds. The second kappa shape index (κ2) is 3.54. The van der Waals surface area contributed by atoms with Crippen LogP contribution in [0.15, 0.2) is 4.79 Å². The molecule has 6 heteroatoms. The number of aromatic amines is 1. The van der Waals surface area contributed by atoms with Gasteiger partial charge in [0.25, 0.3) is 0 Å². The molecule has 1 N–H and O–H groups in total. The maximum absolute atomic E-state index is 11.9. The summed E-state index contributed by atoms with van der Waals surface area (Å²) in [4.78, 5) is 11.9. The Kier molecular flexibility index (Phi) is 2.56. The maximum atomic E-state index is 11.9. The standard InChI is InChI=1S/C10H13IN4O/c1-5-6-7(16)8(11)12-13-9(6)15(14-5)10(2,3)4/h1-4H3,(H,13,16). The number of fused-ring (bicyclic) bond motifs is 1. The lowest BCUT2D eigenvalue weighted by molar-refractivity contribution is 0.363. The molecule has 0 saturated carbocycles. The topological polar surface area (TPSA) is 63.6 Å². The lowest BCUT2D eigenvalue weighted by Crippen LogP contribution is -2.24. The fourth-order valence-electron chi connectivity index (χ4n) is 1.64. The summed E-state index contributed by atoms with van der Waals surface area (Å²) in [6.45, 7) is 7.95. The summed E-state index contributed by atoms with van der Waals surface area (Å²) < 4.78 is 2.25. The van der Waals surface area contributed by atoms with Crippen LogP contribution in [0, 0.1) is 10.6 Å². The van der Waals surface area contributed by atoms with Crippen molar-refractivity contribution in [3.8, 4) is 0 Å². The van der Waals surface area contributed by atoms with Crippen LogP contribution in [-0.2, 0) is 5.54 Å². The van der Waals surface area contributed by atoms with Gasteiger partial charge in [-0.3, -0.25) is 9.89 Å². The predicted octanol–water partition coefficient (Wildman–Crippen LogP) is 1.79. The second-order valence-corrected chi connectivity index (χ2v) is 5.76. The van der Waals surface area contributed by atoms with Crippen LogP contribution in [0.3, 0.4) is 0 Å². The van der Waals surface area contributed by atoms with Crippen molar-refractivity contribution < 1.29 is 0 Å². The quantitative estimate of drug-likeness (QED) is 0.748. The molecule has 0 aliphatic rings. The zero-order valence-electron chi connectivity index (χ0n) is 9.63. The van der Waals surface area contributed by atoms with E-state index < -0.39 is 0 Å². The molecule has 0 atom stereocenters. The highest BCUT2D eigenvalue weighted by Gasteiger charge is 2.21. The van der Waals surface area contributed by atoms with Gasteiger partial charge in [0.05, 0.1) is 16.6 Å². The smallest absolute Gasteiger partial charge is 0.225 e. The predicted molar refractivity (Wildman–Crippen MR) is 70.6 cm³/mol. The molecule has 5 nitrogen and oxygen atoms in total. The fourth-order valence-corrected chi connectivity index (χ4v) is 2.03. The largest absolute Gasteiger partial charge is 0.286 e. The molecule has 0 fully saturated rings. The molecule has 0 aliphatic heterocycles. The molecular weight excluding hydrogens is 319 g/mol. The average Bonchev–Trinajstić information content (AvgIpc) is 2.50. The van der Waals surface area contributed by atoms with Gasteiger partial charge < -0.3 is 0 Å². The molecule has 16 heavy (non-hydrogen) atoms. The first-order valence-corrected chi connectivity index (χ1v) is 6.04. The summed E-state index contributed by atoms with van der Waals surface area (Å²) in [5.41, 5.74) is 1.20. The van der Waals surface area contributed by atoms with Crippen molar-refractivity contribution >= 4 is 33.6 Å². The molecule has 0 bridgehead atoms. The third kappa shape index (κ3) is 1.64. The van der Waals surface area contributed by atoms with Crippen molar-refractivity contribution in [2.75, 3.05) is 0 Å². The third-order valence-electron chi connectivity index (χ3n) is 2.37. The number of aromatic nitrogens is 4. The van der Waals surface area contributed by atoms with Crippen LogP contribution in [0.2, 0.25) is 0 Å². The number of halogens is 1. The number of rotatable bonds is 0. The lowest BCUT2D eigenvalue weighted by Gasteiger charge is -2.19. The Morgan fingerprint density at radius 3 is 2.56 bits per heavy atom. The van der Waals surface area contributed by atoms with E-state index in [1.54, 1.807) is 0 Å². The first-order valence-electron chi connectivity index (χ1n) is 4.96. The van der Waals surface area contributed by atoms with Gasteiger partial charge in [0.2, 0.25) is 5.43 Å². The van der Waals surface area contributed by atoms with Gasteiger partial charge in [-0.2, -0.15) is 10.2 Å². The average molecular weight is 332 g/mol. The van der Waals surface area contributed by atoms with Gasteiger partial charge in [-0.1, -0.05) is 0 Å². The summed E-state index contributed by atoms with van der Waals surface area (Å²) in [5.74, 6) is 0. The van der Waals surface area contributed by atoms with Crippen LogP contribution < -0.4 is 5.43 Å². The van der Waals surface area contributed by atoms with Gasteiger partial charge in [-0.25, -0.2) is 4.68 Å². The molecule has 2 heterocycles. The molecular formula is C10H13IN4O. The minimum absolute atomic E-state index is 0.0534. The number of hydrogen-bond donors (Lipinski definition) is 1. The zero-order chi connectivity index (χ0) is 12.1. The number of nitrogens with zero attached hydrogens (tertiary/aromatic N) is 3. The summed E-state index contributed by atoms with van der Waals surface area (Å²) in [6, 6.07) is 0. The van der Waals surface area contributed by atoms with Gasteiger partial charge in [0.15, 0.2) is 9.35 Å². The molecule has 2 aromatic heterocycles. The Morgan fingerprint density at radius 1 is 1.38 bits per heavy atom. The Labute approximate surface area is 106 Å². The number of hydrogen-bond acceptors (Lipinski definition) is 3. The number of aryl methyl sites for hydroxylation is 1. The Hall–Kier alpha value is -0.920. The van der Waals surface area contributed by atoms with Gasteiger partial charge >= 0.3 is 0 Å². The van der Waals surface area contributed by atoms with E-state index in [2.05, 4.69) is 15.3 Å². The van der Waals surface area contributed by atoms with Gasteiger partial charge in [-0.15, -0.1) is 0 Å². The lowest BCUT2D eigenvalue weighted by atomic mass is 10.1. The van der Waals surface area contributed by atoms with E-state index in [0.717, 1.165) is 5.69 Å². The van der Waals surface area contributed by atoms with Crippen LogP contribution in [0.4, 0.5) is 0 Å². The van der Waals surface area contributed by atoms with Crippen molar-refractivity contribution in [1.29, 1.82) is 0 Å². The summed E-state index contributed by atoms with van der Waals surface area (Å²) in [5, 5.41) is 11.9. The van der Waals surface area contributed by atoms with Crippen LogP contribution >= 0.6 is 22.6 Å². The Morgan fingerprint density at radius 2 is 2.00 bits per heavy atom. The van der Waals surface area contributed by atoms with Gasteiger partial charge in [-0.05, 0) is 50.3 Å². The van der Waals surface area contributed by atoms with Crippen molar-refractivity contribution in [3.63, 3.8) is 0 Å². The molecule has 0 aromatic carbocycles. The Balaban J connectivity index is 2.94. The van der Waals surface area contributed by atoms with Crippen molar-refractivity contribution in [2.45, 2.75) is 33.2 Å². The third-order valence-corrected chi connectivity index (χ3v) is 3.10. The van der Waals surface area contributed by atoms with Crippen LogP contribution in [0.1, 0.15) is 26.5 Å². The molecule has 0 saturated heterocycles. The van der Waals surface area contributed by atoms with E-state index in [1.165, 1.54) is 0 Å². The van der Waals surface area contributed by atoms with Gasteiger partial charge in [0, 0.05) is 0 Å². The van der Waals surface area contributed by atoms with Crippen molar-refractivity contribution in [1.82, 2.24) is 20.0 Å². The summed E-state index contributed by atoms with van der Waals surface area (Å²) in [6.07, 6.45) is 0. The van der Waals surface area contributed by atoms with E-state index in [-0.39, 0.29) is 11.0 Å². The zero-order valence-corrected chi connectivity index (χ0v) is 11.8. The molecule has 86 valence electrons. The number of H-pyrrole nitrogens is 1. The first-order chi connectivity index (χ1) is 7.32. The summed E-state index contributed by atoms with van der Waals surface area (Å²) in [7, 11) is 0. The normalized spacial score (nSPS) is 12.3. The highest BCUT2D eigenvalue weighted by molar-refractivity contribution is 14.1. The fraction of sp³-hybridized carbons (Fsp3) is 0.500. The SMILES string of the molecule is Cc1nn(C(C)(C)C)c2[nH]nc(I)c(=O)c12. The second-order valence-electron chi connectivity index (χ2n) is 4.74. The first kappa shape index (κ1) is 11.6. The molecule has 2 aromatic rings. The molecule has 2 rings (SSSR count).